The summed E-state index contributed by atoms with van der Waals surface area (Å²) in [6, 6.07) is 23.3. The van der Waals surface area contributed by atoms with Gasteiger partial charge in [-0.3, -0.25) is 5.41 Å². The van der Waals surface area contributed by atoms with Gasteiger partial charge in [0.15, 0.2) is 5.41 Å². The second-order valence-electron chi connectivity index (χ2n) is 7.37. The van der Waals surface area contributed by atoms with Crippen LogP contribution in [0.2, 0.25) is 0 Å². The van der Waals surface area contributed by atoms with Gasteiger partial charge in [0.1, 0.15) is 6.10 Å². The first-order chi connectivity index (χ1) is 14.5. The van der Waals surface area contributed by atoms with Crippen molar-refractivity contribution in [3.05, 3.63) is 71.3 Å². The van der Waals surface area contributed by atoms with Crippen LogP contribution in [0, 0.1) is 67.5 Å². The zero-order chi connectivity index (χ0) is 21.6. The van der Waals surface area contributed by atoms with Crippen molar-refractivity contribution in [2.24, 2.45) is 16.7 Å². The third kappa shape index (κ3) is 2.05. The molecule has 2 aliphatic rings. The van der Waals surface area contributed by atoms with E-state index in [0.717, 1.165) is 0 Å². The summed E-state index contributed by atoms with van der Waals surface area (Å²) in [5.41, 5.74) is -2.43. The number of fused-ring (bicyclic) bond motifs is 2. The van der Waals surface area contributed by atoms with E-state index in [9.17, 15) is 15.8 Å². The van der Waals surface area contributed by atoms with Crippen molar-refractivity contribution < 1.29 is 9.47 Å². The summed E-state index contributed by atoms with van der Waals surface area (Å²) in [7, 11) is 0. The Bertz CT molecular complexity index is 1180. The van der Waals surface area contributed by atoms with E-state index in [1.54, 1.807) is 55.5 Å². The van der Waals surface area contributed by atoms with Crippen LogP contribution in [0.15, 0.2) is 54.6 Å². The van der Waals surface area contributed by atoms with E-state index in [2.05, 4.69) is 6.07 Å². The first kappa shape index (κ1) is 19.2. The minimum absolute atomic E-state index is 0.405. The van der Waals surface area contributed by atoms with Gasteiger partial charge in [0.25, 0.3) is 0 Å². The molecular weight excluding hydrogens is 378 g/mol. The van der Waals surface area contributed by atoms with Gasteiger partial charge in [-0.05, 0) is 17.7 Å². The first-order valence-corrected chi connectivity index (χ1v) is 9.21. The Morgan fingerprint density at radius 3 is 2.07 bits per heavy atom. The van der Waals surface area contributed by atoms with Crippen molar-refractivity contribution in [1.29, 1.82) is 26.5 Å². The van der Waals surface area contributed by atoms with Crippen molar-refractivity contribution in [1.82, 2.24) is 0 Å². The van der Waals surface area contributed by atoms with Crippen LogP contribution >= 0.6 is 0 Å². The summed E-state index contributed by atoms with van der Waals surface area (Å²) in [5, 5.41) is 48.2. The summed E-state index contributed by atoms with van der Waals surface area (Å²) >= 11 is 0. The average molecular weight is 393 g/mol. The van der Waals surface area contributed by atoms with Crippen LogP contribution in [-0.2, 0) is 15.3 Å². The van der Waals surface area contributed by atoms with Crippen LogP contribution in [0.5, 0.6) is 0 Å². The highest BCUT2D eigenvalue weighted by atomic mass is 16.7. The maximum Gasteiger partial charge on any atom is 0.244 e. The molecule has 7 heteroatoms. The number of nitrogens with zero attached hydrogens (tertiary/aromatic N) is 4. The van der Waals surface area contributed by atoms with Gasteiger partial charge in [0.2, 0.25) is 17.1 Å². The van der Waals surface area contributed by atoms with E-state index in [1.165, 1.54) is 0 Å². The highest BCUT2D eigenvalue weighted by Gasteiger charge is 2.79. The number of hydrogen-bond donors (Lipinski definition) is 1. The molecule has 4 atom stereocenters. The molecule has 2 saturated heterocycles. The monoisotopic (exact) mass is 393 g/mol. The van der Waals surface area contributed by atoms with Crippen LogP contribution in [0.25, 0.3) is 0 Å². The fourth-order valence-electron chi connectivity index (χ4n) is 4.57. The maximum atomic E-state index is 10.2. The van der Waals surface area contributed by atoms with Gasteiger partial charge in [-0.2, -0.15) is 21.0 Å². The van der Waals surface area contributed by atoms with Gasteiger partial charge < -0.3 is 9.47 Å². The molecule has 30 heavy (non-hydrogen) atoms. The summed E-state index contributed by atoms with van der Waals surface area (Å²) in [4.78, 5) is 0. The second-order valence-corrected chi connectivity index (χ2v) is 7.37. The third-order valence-electron chi connectivity index (χ3n) is 6.19. The Morgan fingerprint density at radius 2 is 1.53 bits per heavy atom. The summed E-state index contributed by atoms with van der Waals surface area (Å²) in [5.74, 6) is -2.77. The number of rotatable bonds is 2. The predicted molar refractivity (Wildman–Crippen MR) is 103 cm³/mol. The molecule has 2 fully saturated rings. The summed E-state index contributed by atoms with van der Waals surface area (Å²) < 4.78 is 12.3. The molecule has 0 aliphatic carbocycles. The van der Waals surface area contributed by atoms with Gasteiger partial charge in [-0.25, -0.2) is 0 Å². The van der Waals surface area contributed by atoms with Gasteiger partial charge >= 0.3 is 0 Å². The highest BCUT2D eigenvalue weighted by molar-refractivity contribution is 5.89. The third-order valence-corrected chi connectivity index (χ3v) is 6.19. The van der Waals surface area contributed by atoms with Crippen LogP contribution in [0.1, 0.15) is 29.7 Å². The Balaban J connectivity index is 2.03. The van der Waals surface area contributed by atoms with Crippen molar-refractivity contribution in [3.8, 4) is 24.3 Å². The lowest BCUT2D eigenvalue weighted by molar-refractivity contribution is -0.288. The lowest BCUT2D eigenvalue weighted by atomic mass is 9.53. The normalized spacial score (nSPS) is 30.8. The second kappa shape index (κ2) is 6.43. The molecule has 0 spiro atoms. The van der Waals surface area contributed by atoms with E-state index < -0.39 is 34.5 Å². The number of nitriles is 4. The fourth-order valence-corrected chi connectivity index (χ4v) is 4.57. The zero-order valence-corrected chi connectivity index (χ0v) is 16.0. The Kier molecular flexibility index (Phi) is 4.11. The summed E-state index contributed by atoms with van der Waals surface area (Å²) in [6.45, 7) is 1.66. The molecule has 1 N–H and O–H groups in total. The van der Waals surface area contributed by atoms with Gasteiger partial charge in [0, 0.05) is 5.56 Å². The van der Waals surface area contributed by atoms with Crippen LogP contribution < -0.4 is 0 Å². The van der Waals surface area contributed by atoms with Crippen molar-refractivity contribution in [2.45, 2.75) is 18.8 Å². The molecule has 2 aromatic rings. The number of benzene rings is 2. The van der Waals surface area contributed by atoms with Gasteiger partial charge in [-0.1, -0.05) is 49.4 Å². The largest absolute Gasteiger partial charge is 0.443 e. The Hall–Kier alpha value is -4.17. The van der Waals surface area contributed by atoms with Gasteiger partial charge in [0.05, 0.1) is 35.8 Å². The number of nitrogens with one attached hydrogen (secondary N) is 1. The molecule has 2 aromatic carbocycles. The number of hydrogen-bond acceptors (Lipinski definition) is 7. The minimum Gasteiger partial charge on any atom is -0.443 e. The highest BCUT2D eigenvalue weighted by Crippen LogP contribution is 2.68. The predicted octanol–water partition coefficient (Wildman–Crippen LogP) is 3.67. The molecule has 2 heterocycles. The average Bonchev–Trinajstić information content (AvgIpc) is 2.96. The van der Waals surface area contributed by atoms with E-state index >= 15 is 0 Å². The minimum atomic E-state index is -2.03. The quantitative estimate of drug-likeness (QED) is 0.826. The first-order valence-electron chi connectivity index (χ1n) is 9.21. The summed E-state index contributed by atoms with van der Waals surface area (Å²) in [6.07, 6.45) is -1.18. The molecule has 2 aliphatic heterocycles. The van der Waals surface area contributed by atoms with Gasteiger partial charge in [-0.15, -0.1) is 0 Å². The van der Waals surface area contributed by atoms with E-state index in [4.69, 9.17) is 20.1 Å². The lowest BCUT2D eigenvalue weighted by Gasteiger charge is -2.48. The Labute approximate surface area is 173 Å². The van der Waals surface area contributed by atoms with E-state index in [-0.39, 0.29) is 0 Å². The molecule has 7 nitrogen and oxygen atoms in total. The molecule has 2 bridgehead atoms. The molecular formula is C23H15N5O2. The topological polar surface area (TPSA) is 137 Å². The molecule has 0 amide bonds. The molecule has 0 aromatic heterocycles. The van der Waals surface area contributed by atoms with E-state index in [0.29, 0.717) is 16.7 Å². The lowest BCUT2D eigenvalue weighted by Crippen LogP contribution is -2.57. The molecule has 0 radical (unpaired) electrons. The van der Waals surface area contributed by atoms with Crippen molar-refractivity contribution >= 4 is 5.90 Å². The molecule has 4 rings (SSSR count). The molecule has 0 saturated carbocycles. The smallest absolute Gasteiger partial charge is 0.244 e. The van der Waals surface area contributed by atoms with Crippen LogP contribution in [0.3, 0.4) is 0 Å². The standard InChI is InChI=1S/C23H15N5O2/c1-15-22(14-27)20(28)30-23(15,18-5-3-2-4-6-18)29-19(21(22,12-25)13-26)17-9-7-16(11-24)8-10-17/h2-10,15,19,28H,1H3. The molecule has 4 unspecified atom stereocenters. The zero-order valence-electron chi connectivity index (χ0n) is 16.0. The van der Waals surface area contributed by atoms with E-state index in [1.807, 2.05) is 24.3 Å². The van der Waals surface area contributed by atoms with Crippen LogP contribution in [0.4, 0.5) is 0 Å². The molecule has 144 valence electrons. The number of ether oxygens (including phenoxy) is 2. The maximum absolute atomic E-state index is 10.2. The van der Waals surface area contributed by atoms with Crippen molar-refractivity contribution in [2.75, 3.05) is 0 Å². The SMILES string of the molecule is CC1C2(c3ccccc3)OC(=N)C1(C#N)C(C#N)(C#N)C(c1ccc(C#N)cc1)O2. The fraction of sp³-hybridized carbons (Fsp3) is 0.261. The van der Waals surface area contributed by atoms with Crippen LogP contribution in [-0.4, -0.2) is 5.90 Å². The van der Waals surface area contributed by atoms with Crippen molar-refractivity contribution in [3.63, 3.8) is 0 Å². The Morgan fingerprint density at radius 1 is 0.900 bits per heavy atom.